The van der Waals surface area contributed by atoms with Gasteiger partial charge < -0.3 is 10.2 Å². The van der Waals surface area contributed by atoms with E-state index in [0.717, 1.165) is 54.4 Å². The first-order valence-electron chi connectivity index (χ1n) is 10.7. The van der Waals surface area contributed by atoms with Crippen molar-refractivity contribution in [1.29, 1.82) is 0 Å². The van der Waals surface area contributed by atoms with Crippen LogP contribution < -0.4 is 5.32 Å². The minimum atomic E-state index is -3.34. The highest BCUT2D eigenvalue weighted by atomic mass is 32.2. The number of sulfonamides is 1. The highest BCUT2D eigenvalue weighted by Gasteiger charge is 2.31. The molecule has 1 saturated heterocycles. The Morgan fingerprint density at radius 2 is 1.83 bits per heavy atom. The van der Waals surface area contributed by atoms with Crippen LogP contribution in [0, 0.1) is 0 Å². The standard InChI is InChI=1S/C22H31N5O2S/c1-23-22-19-16-27(30(28,29)15-11-17-6-4-3-5-7-17)14-10-20(19)24-21(25-22)18-8-12-26(2)13-9-18/h3-7,18H,8-16H2,1-2H3,(H,23,24,25). The van der Waals surface area contributed by atoms with Gasteiger partial charge in [-0.05, 0) is 45.0 Å². The zero-order valence-electron chi connectivity index (χ0n) is 17.8. The van der Waals surface area contributed by atoms with Crippen LogP contribution in [0.1, 0.15) is 41.4 Å². The number of benzene rings is 1. The van der Waals surface area contributed by atoms with E-state index in [1.54, 1.807) is 4.31 Å². The molecule has 7 nitrogen and oxygen atoms in total. The van der Waals surface area contributed by atoms with Crippen molar-refractivity contribution in [3.63, 3.8) is 0 Å². The number of nitrogens with one attached hydrogen (secondary N) is 1. The summed E-state index contributed by atoms with van der Waals surface area (Å²) in [6, 6.07) is 9.77. The van der Waals surface area contributed by atoms with Crippen molar-refractivity contribution < 1.29 is 8.42 Å². The number of likely N-dealkylation sites (tertiary alicyclic amines) is 1. The second-order valence-electron chi connectivity index (χ2n) is 8.32. The number of aromatic nitrogens is 2. The van der Waals surface area contributed by atoms with E-state index in [-0.39, 0.29) is 5.75 Å². The molecule has 0 amide bonds. The van der Waals surface area contributed by atoms with Gasteiger partial charge in [-0.15, -0.1) is 0 Å². The van der Waals surface area contributed by atoms with Crippen molar-refractivity contribution in [1.82, 2.24) is 19.2 Å². The zero-order valence-corrected chi connectivity index (χ0v) is 18.7. The molecule has 30 heavy (non-hydrogen) atoms. The van der Waals surface area contributed by atoms with Crippen LogP contribution in [0.3, 0.4) is 0 Å². The number of piperidine rings is 1. The molecule has 0 saturated carbocycles. The van der Waals surface area contributed by atoms with Crippen LogP contribution in [0.4, 0.5) is 5.82 Å². The molecule has 162 valence electrons. The Morgan fingerprint density at radius 3 is 2.53 bits per heavy atom. The van der Waals surface area contributed by atoms with Crippen molar-refractivity contribution in [2.45, 2.75) is 38.1 Å². The Labute approximate surface area is 179 Å². The minimum absolute atomic E-state index is 0.121. The van der Waals surface area contributed by atoms with E-state index in [9.17, 15) is 8.42 Å². The maximum atomic E-state index is 13.0. The van der Waals surface area contributed by atoms with Crippen LogP contribution in [-0.4, -0.2) is 67.1 Å². The van der Waals surface area contributed by atoms with E-state index in [0.29, 0.717) is 31.8 Å². The van der Waals surface area contributed by atoms with Crippen molar-refractivity contribution in [3.8, 4) is 0 Å². The fourth-order valence-electron chi connectivity index (χ4n) is 4.32. The first kappa shape index (κ1) is 21.2. The molecule has 2 aliphatic rings. The van der Waals surface area contributed by atoms with Gasteiger partial charge in [0.1, 0.15) is 11.6 Å². The van der Waals surface area contributed by atoms with Crippen LogP contribution in [0.25, 0.3) is 0 Å². The highest BCUT2D eigenvalue weighted by molar-refractivity contribution is 7.89. The lowest BCUT2D eigenvalue weighted by Crippen LogP contribution is -2.39. The van der Waals surface area contributed by atoms with Gasteiger partial charge in [-0.25, -0.2) is 18.4 Å². The monoisotopic (exact) mass is 429 g/mol. The molecule has 2 aliphatic heterocycles. The number of nitrogens with zero attached hydrogens (tertiary/aromatic N) is 4. The summed E-state index contributed by atoms with van der Waals surface area (Å²) in [4.78, 5) is 12.0. The second-order valence-corrected chi connectivity index (χ2v) is 10.4. The molecule has 4 rings (SSSR count). The predicted molar refractivity (Wildman–Crippen MR) is 119 cm³/mol. The third kappa shape index (κ3) is 4.66. The average molecular weight is 430 g/mol. The molecule has 1 aromatic heterocycles. The normalized spacial score (nSPS) is 18.9. The molecule has 1 N–H and O–H groups in total. The number of hydrogen-bond donors (Lipinski definition) is 1. The molecule has 0 radical (unpaired) electrons. The summed E-state index contributed by atoms with van der Waals surface area (Å²) < 4.78 is 27.5. The van der Waals surface area contributed by atoms with Crippen LogP contribution in [0.15, 0.2) is 30.3 Å². The lowest BCUT2D eigenvalue weighted by molar-refractivity contribution is 0.250. The van der Waals surface area contributed by atoms with Crippen molar-refractivity contribution in [2.24, 2.45) is 0 Å². The van der Waals surface area contributed by atoms with E-state index in [4.69, 9.17) is 9.97 Å². The van der Waals surface area contributed by atoms with Gasteiger partial charge in [-0.2, -0.15) is 4.31 Å². The summed E-state index contributed by atoms with van der Waals surface area (Å²) in [5.41, 5.74) is 2.96. The van der Waals surface area contributed by atoms with E-state index in [2.05, 4.69) is 17.3 Å². The van der Waals surface area contributed by atoms with Gasteiger partial charge in [0.15, 0.2) is 0 Å². The molecule has 2 aromatic rings. The highest BCUT2D eigenvalue weighted by Crippen LogP contribution is 2.31. The van der Waals surface area contributed by atoms with E-state index in [1.165, 1.54) is 0 Å². The van der Waals surface area contributed by atoms with Gasteiger partial charge in [0.05, 0.1) is 11.4 Å². The number of fused-ring (bicyclic) bond motifs is 1. The van der Waals surface area contributed by atoms with E-state index in [1.807, 2.05) is 37.4 Å². The molecular formula is C22H31N5O2S. The van der Waals surface area contributed by atoms with Gasteiger partial charge >= 0.3 is 0 Å². The Balaban J connectivity index is 1.50. The summed E-state index contributed by atoms with van der Waals surface area (Å²) in [5.74, 6) is 2.19. The molecule has 1 aromatic carbocycles. The maximum absolute atomic E-state index is 13.0. The molecule has 0 spiro atoms. The SMILES string of the molecule is CNc1nc(C2CCN(C)CC2)nc2c1CN(S(=O)(=O)CCc1ccccc1)CC2. The summed E-state index contributed by atoms with van der Waals surface area (Å²) >= 11 is 0. The van der Waals surface area contributed by atoms with Crippen LogP contribution >= 0.6 is 0 Å². The van der Waals surface area contributed by atoms with Crippen LogP contribution in [-0.2, 0) is 29.4 Å². The summed E-state index contributed by atoms with van der Waals surface area (Å²) in [7, 11) is 0.658. The van der Waals surface area contributed by atoms with Crippen molar-refractivity contribution in [2.75, 3.05) is 44.8 Å². The lowest BCUT2D eigenvalue weighted by Gasteiger charge is -2.31. The Bertz CT molecular complexity index is 955. The zero-order chi connectivity index (χ0) is 21.1. The summed E-state index contributed by atoms with van der Waals surface area (Å²) in [6.07, 6.45) is 3.30. The molecule has 0 bridgehead atoms. The quantitative estimate of drug-likeness (QED) is 0.759. The van der Waals surface area contributed by atoms with Crippen molar-refractivity contribution >= 4 is 15.8 Å². The molecule has 0 atom stereocenters. The summed E-state index contributed by atoms with van der Waals surface area (Å²) in [5, 5.41) is 3.19. The van der Waals surface area contributed by atoms with Gasteiger partial charge in [-0.3, -0.25) is 0 Å². The molecule has 1 fully saturated rings. The maximum Gasteiger partial charge on any atom is 0.214 e. The van der Waals surface area contributed by atoms with Crippen molar-refractivity contribution in [3.05, 3.63) is 53.0 Å². The molecule has 0 unspecified atom stereocenters. The number of anilines is 1. The largest absolute Gasteiger partial charge is 0.373 e. The number of hydrogen-bond acceptors (Lipinski definition) is 6. The number of rotatable bonds is 6. The second kappa shape index (κ2) is 8.99. The molecular weight excluding hydrogens is 398 g/mol. The fraction of sp³-hybridized carbons (Fsp3) is 0.545. The third-order valence-corrected chi connectivity index (χ3v) is 8.07. The van der Waals surface area contributed by atoms with Crippen LogP contribution in [0.2, 0.25) is 0 Å². The molecule has 0 aliphatic carbocycles. The average Bonchev–Trinajstić information content (AvgIpc) is 2.78. The van der Waals surface area contributed by atoms with Gasteiger partial charge in [0.25, 0.3) is 0 Å². The minimum Gasteiger partial charge on any atom is -0.373 e. The predicted octanol–water partition coefficient (Wildman–Crippen LogP) is 2.26. The first-order chi connectivity index (χ1) is 14.5. The Morgan fingerprint density at radius 1 is 1.10 bits per heavy atom. The topological polar surface area (TPSA) is 78.4 Å². The number of aryl methyl sites for hydroxylation is 1. The first-order valence-corrected chi connectivity index (χ1v) is 12.3. The van der Waals surface area contributed by atoms with Gasteiger partial charge in [0, 0.05) is 38.0 Å². The smallest absolute Gasteiger partial charge is 0.214 e. The van der Waals surface area contributed by atoms with Crippen LogP contribution in [0.5, 0.6) is 0 Å². The van der Waals surface area contributed by atoms with E-state index >= 15 is 0 Å². The molecule has 8 heteroatoms. The van der Waals surface area contributed by atoms with Gasteiger partial charge in [-0.1, -0.05) is 30.3 Å². The lowest BCUT2D eigenvalue weighted by atomic mass is 9.95. The van der Waals surface area contributed by atoms with E-state index < -0.39 is 10.0 Å². The van der Waals surface area contributed by atoms with Gasteiger partial charge in [0.2, 0.25) is 10.0 Å². The summed E-state index contributed by atoms with van der Waals surface area (Å²) in [6.45, 7) is 2.95. The third-order valence-electron chi connectivity index (χ3n) is 6.25. The fourth-order valence-corrected chi connectivity index (χ4v) is 5.77. The Hall–Kier alpha value is -2.03. The Kier molecular flexibility index (Phi) is 6.36. The molecule has 3 heterocycles.